The van der Waals surface area contributed by atoms with Crippen molar-refractivity contribution in [3.63, 3.8) is 0 Å². The van der Waals surface area contributed by atoms with E-state index >= 15 is 0 Å². The maximum absolute atomic E-state index is 12.4. The summed E-state index contributed by atoms with van der Waals surface area (Å²) < 4.78 is 0. The van der Waals surface area contributed by atoms with Crippen molar-refractivity contribution in [2.75, 3.05) is 70.3 Å². The molecule has 0 saturated carbocycles. The maximum atomic E-state index is 12.4. The standard InChI is InChI=1S/C18H29N5O/c1-2-20-9-15-23(16-10-20)18(24)6-8-21-11-13-22(14-12-21)17-5-3-4-7-19-17/h3-5,7H,2,6,8-16H2,1H3. The summed E-state index contributed by atoms with van der Waals surface area (Å²) in [6.45, 7) is 11.9. The van der Waals surface area contributed by atoms with Gasteiger partial charge in [-0.15, -0.1) is 0 Å². The van der Waals surface area contributed by atoms with E-state index in [2.05, 4.69) is 32.7 Å². The third kappa shape index (κ3) is 4.45. The molecule has 0 unspecified atom stereocenters. The van der Waals surface area contributed by atoms with Gasteiger partial charge in [0.05, 0.1) is 0 Å². The number of pyridine rings is 1. The molecule has 24 heavy (non-hydrogen) atoms. The highest BCUT2D eigenvalue weighted by molar-refractivity contribution is 5.76. The summed E-state index contributed by atoms with van der Waals surface area (Å²) in [7, 11) is 0. The maximum Gasteiger partial charge on any atom is 0.223 e. The molecular weight excluding hydrogens is 302 g/mol. The largest absolute Gasteiger partial charge is 0.354 e. The van der Waals surface area contributed by atoms with Gasteiger partial charge in [0.15, 0.2) is 0 Å². The van der Waals surface area contributed by atoms with Crippen LogP contribution in [0.5, 0.6) is 0 Å². The van der Waals surface area contributed by atoms with Gasteiger partial charge < -0.3 is 14.7 Å². The third-order valence-corrected chi connectivity index (χ3v) is 5.16. The number of hydrogen-bond acceptors (Lipinski definition) is 5. The Balaban J connectivity index is 1.37. The first-order valence-corrected chi connectivity index (χ1v) is 9.14. The summed E-state index contributed by atoms with van der Waals surface area (Å²) in [6.07, 6.45) is 2.49. The molecule has 2 fully saturated rings. The van der Waals surface area contributed by atoms with Crippen LogP contribution < -0.4 is 4.90 Å². The van der Waals surface area contributed by atoms with Crippen LogP contribution in [0.3, 0.4) is 0 Å². The van der Waals surface area contributed by atoms with Crippen LogP contribution in [0.1, 0.15) is 13.3 Å². The molecule has 0 bridgehead atoms. The van der Waals surface area contributed by atoms with E-state index < -0.39 is 0 Å². The molecule has 3 rings (SSSR count). The van der Waals surface area contributed by atoms with Crippen molar-refractivity contribution < 1.29 is 4.79 Å². The summed E-state index contributed by atoms with van der Waals surface area (Å²) in [6, 6.07) is 6.05. The Kier molecular flexibility index (Phi) is 6.04. The first-order valence-electron chi connectivity index (χ1n) is 9.14. The lowest BCUT2D eigenvalue weighted by molar-refractivity contribution is -0.133. The number of carbonyl (C=O) groups excluding carboxylic acids is 1. The van der Waals surface area contributed by atoms with Crippen molar-refractivity contribution in [2.45, 2.75) is 13.3 Å². The lowest BCUT2D eigenvalue weighted by Crippen LogP contribution is -2.50. The Bertz CT molecular complexity index is 507. The summed E-state index contributed by atoms with van der Waals surface area (Å²) in [4.78, 5) is 26.0. The van der Waals surface area contributed by atoms with E-state index in [0.29, 0.717) is 12.3 Å². The molecule has 1 amide bonds. The fourth-order valence-electron chi connectivity index (χ4n) is 3.47. The van der Waals surface area contributed by atoms with Crippen LogP contribution in [-0.2, 0) is 4.79 Å². The van der Waals surface area contributed by atoms with E-state index in [0.717, 1.165) is 71.3 Å². The minimum absolute atomic E-state index is 0.318. The molecule has 0 aliphatic carbocycles. The number of aromatic nitrogens is 1. The van der Waals surface area contributed by atoms with Crippen LogP contribution in [0.4, 0.5) is 5.82 Å². The second kappa shape index (κ2) is 8.44. The number of amides is 1. The quantitative estimate of drug-likeness (QED) is 0.797. The number of piperazine rings is 2. The van der Waals surface area contributed by atoms with Crippen molar-refractivity contribution in [1.82, 2.24) is 19.7 Å². The molecular formula is C18H29N5O. The smallest absolute Gasteiger partial charge is 0.223 e. The Morgan fingerprint density at radius 3 is 2.33 bits per heavy atom. The SMILES string of the molecule is CCN1CCN(C(=O)CCN2CCN(c3ccccn3)CC2)CC1. The normalized spacial score (nSPS) is 20.4. The van der Waals surface area contributed by atoms with Crippen LogP contribution in [-0.4, -0.2) is 91.0 Å². The topological polar surface area (TPSA) is 42.9 Å². The lowest BCUT2D eigenvalue weighted by Gasteiger charge is -2.36. The van der Waals surface area contributed by atoms with Crippen molar-refractivity contribution in [3.8, 4) is 0 Å². The third-order valence-electron chi connectivity index (χ3n) is 5.16. The molecule has 2 saturated heterocycles. The molecule has 3 heterocycles. The predicted octanol–water partition coefficient (Wildman–Crippen LogP) is 0.758. The fraction of sp³-hybridized carbons (Fsp3) is 0.667. The van der Waals surface area contributed by atoms with Gasteiger partial charge in [-0.1, -0.05) is 13.0 Å². The van der Waals surface area contributed by atoms with Crippen LogP contribution in [0.2, 0.25) is 0 Å². The monoisotopic (exact) mass is 331 g/mol. The van der Waals surface area contributed by atoms with Gasteiger partial charge in [-0.05, 0) is 18.7 Å². The number of likely N-dealkylation sites (N-methyl/N-ethyl adjacent to an activating group) is 1. The summed E-state index contributed by atoms with van der Waals surface area (Å²) in [5.41, 5.74) is 0. The van der Waals surface area contributed by atoms with Gasteiger partial charge in [0, 0.05) is 71.5 Å². The number of nitrogens with zero attached hydrogens (tertiary/aromatic N) is 5. The van der Waals surface area contributed by atoms with E-state index in [1.54, 1.807) is 0 Å². The molecule has 0 spiro atoms. The first kappa shape index (κ1) is 17.2. The molecule has 0 atom stereocenters. The van der Waals surface area contributed by atoms with Crippen molar-refractivity contribution in [2.24, 2.45) is 0 Å². The zero-order chi connectivity index (χ0) is 16.8. The van der Waals surface area contributed by atoms with Crippen LogP contribution in [0.15, 0.2) is 24.4 Å². The second-order valence-electron chi connectivity index (χ2n) is 6.58. The van der Waals surface area contributed by atoms with Gasteiger partial charge in [0.25, 0.3) is 0 Å². The Morgan fingerprint density at radius 1 is 1.00 bits per heavy atom. The molecule has 0 aromatic carbocycles. The first-order chi connectivity index (χ1) is 11.8. The van der Waals surface area contributed by atoms with Crippen LogP contribution >= 0.6 is 0 Å². The fourth-order valence-corrected chi connectivity index (χ4v) is 3.47. The van der Waals surface area contributed by atoms with Gasteiger partial charge >= 0.3 is 0 Å². The van der Waals surface area contributed by atoms with Gasteiger partial charge in [-0.3, -0.25) is 9.69 Å². The van der Waals surface area contributed by atoms with Gasteiger partial charge in [-0.25, -0.2) is 4.98 Å². The molecule has 2 aliphatic heterocycles. The van der Waals surface area contributed by atoms with Crippen LogP contribution in [0.25, 0.3) is 0 Å². The second-order valence-corrected chi connectivity index (χ2v) is 6.58. The van der Waals surface area contributed by atoms with Crippen molar-refractivity contribution in [1.29, 1.82) is 0 Å². The van der Waals surface area contributed by atoms with Crippen LogP contribution in [0, 0.1) is 0 Å². The van der Waals surface area contributed by atoms with E-state index in [4.69, 9.17) is 0 Å². The Hall–Kier alpha value is -1.66. The molecule has 1 aromatic heterocycles. The average molecular weight is 331 g/mol. The number of carbonyl (C=O) groups is 1. The summed E-state index contributed by atoms with van der Waals surface area (Å²) in [5, 5.41) is 0. The Labute approximate surface area is 145 Å². The molecule has 0 N–H and O–H groups in total. The van der Waals surface area contributed by atoms with E-state index in [1.165, 1.54) is 0 Å². The van der Waals surface area contributed by atoms with E-state index in [-0.39, 0.29) is 0 Å². The highest BCUT2D eigenvalue weighted by Gasteiger charge is 2.22. The van der Waals surface area contributed by atoms with E-state index in [9.17, 15) is 4.79 Å². The van der Waals surface area contributed by atoms with Gasteiger partial charge in [0.1, 0.15) is 5.82 Å². The number of hydrogen-bond donors (Lipinski definition) is 0. The summed E-state index contributed by atoms with van der Waals surface area (Å²) in [5.74, 6) is 1.37. The minimum Gasteiger partial charge on any atom is -0.354 e. The average Bonchev–Trinajstić information content (AvgIpc) is 2.67. The molecule has 6 heteroatoms. The van der Waals surface area contributed by atoms with Crippen molar-refractivity contribution in [3.05, 3.63) is 24.4 Å². The zero-order valence-electron chi connectivity index (χ0n) is 14.7. The highest BCUT2D eigenvalue weighted by Crippen LogP contribution is 2.13. The van der Waals surface area contributed by atoms with Gasteiger partial charge in [-0.2, -0.15) is 0 Å². The molecule has 1 aromatic rings. The van der Waals surface area contributed by atoms with E-state index in [1.807, 2.05) is 23.2 Å². The van der Waals surface area contributed by atoms with Crippen molar-refractivity contribution >= 4 is 11.7 Å². The molecule has 0 radical (unpaired) electrons. The molecule has 6 nitrogen and oxygen atoms in total. The van der Waals surface area contributed by atoms with Gasteiger partial charge in [0.2, 0.25) is 5.91 Å². The predicted molar refractivity (Wildman–Crippen MR) is 96.2 cm³/mol. The highest BCUT2D eigenvalue weighted by atomic mass is 16.2. The Morgan fingerprint density at radius 2 is 1.71 bits per heavy atom. The summed E-state index contributed by atoms with van der Waals surface area (Å²) >= 11 is 0. The molecule has 132 valence electrons. The zero-order valence-corrected chi connectivity index (χ0v) is 14.7. The lowest BCUT2D eigenvalue weighted by atomic mass is 10.2. The molecule has 2 aliphatic rings. The number of anilines is 1. The number of rotatable bonds is 5. The minimum atomic E-state index is 0.318.